The first-order valence-corrected chi connectivity index (χ1v) is 8.36. The molecule has 0 aromatic heterocycles. The van der Waals surface area contributed by atoms with Crippen LogP contribution in [0.1, 0.15) is 51.5 Å². The van der Waals surface area contributed by atoms with E-state index in [1.165, 1.54) is 32.4 Å². The molecule has 3 heteroatoms. The van der Waals surface area contributed by atoms with Gasteiger partial charge in [-0.25, -0.2) is 0 Å². The van der Waals surface area contributed by atoms with E-state index in [4.69, 9.17) is 4.74 Å². The first-order chi connectivity index (χ1) is 10.2. The van der Waals surface area contributed by atoms with Crippen molar-refractivity contribution in [3.05, 3.63) is 29.8 Å². The third-order valence-corrected chi connectivity index (χ3v) is 4.58. The van der Waals surface area contributed by atoms with Crippen molar-refractivity contribution >= 4 is 0 Å². The van der Waals surface area contributed by atoms with E-state index < -0.39 is 5.60 Å². The Morgan fingerprint density at radius 1 is 1.10 bits per heavy atom. The lowest BCUT2D eigenvalue weighted by atomic mass is 9.87. The van der Waals surface area contributed by atoms with Crippen molar-refractivity contribution in [1.82, 2.24) is 4.90 Å². The van der Waals surface area contributed by atoms with Crippen molar-refractivity contribution in [2.24, 2.45) is 0 Å². The Bertz CT molecular complexity index is 412. The van der Waals surface area contributed by atoms with Gasteiger partial charge in [-0.15, -0.1) is 0 Å². The SMILES string of the molecule is CCOc1ccc(C(O)(CC)CCN2CCCCC2)cc1. The normalized spacial score (nSPS) is 19.2. The maximum Gasteiger partial charge on any atom is 0.119 e. The van der Waals surface area contributed by atoms with Crippen LogP contribution >= 0.6 is 0 Å². The zero-order valence-electron chi connectivity index (χ0n) is 13.5. The molecule has 1 aliphatic rings. The summed E-state index contributed by atoms with van der Waals surface area (Å²) in [5.41, 5.74) is 0.285. The van der Waals surface area contributed by atoms with E-state index in [1.54, 1.807) is 0 Å². The highest BCUT2D eigenvalue weighted by molar-refractivity contribution is 5.30. The molecule has 0 saturated carbocycles. The minimum atomic E-state index is -0.720. The largest absolute Gasteiger partial charge is 0.494 e. The molecule has 0 amide bonds. The van der Waals surface area contributed by atoms with Crippen LogP contribution in [-0.2, 0) is 5.60 Å². The van der Waals surface area contributed by atoms with Crippen LogP contribution in [0.5, 0.6) is 5.75 Å². The third-order valence-electron chi connectivity index (χ3n) is 4.58. The molecule has 1 aromatic rings. The fourth-order valence-corrected chi connectivity index (χ4v) is 3.08. The standard InChI is InChI=1S/C18H29NO2/c1-3-18(20,12-15-19-13-6-5-7-14-19)16-8-10-17(11-9-16)21-4-2/h8-11,20H,3-7,12-15H2,1-2H3. The van der Waals surface area contributed by atoms with Gasteiger partial charge in [0, 0.05) is 6.54 Å². The zero-order valence-corrected chi connectivity index (χ0v) is 13.5. The average molecular weight is 291 g/mol. The van der Waals surface area contributed by atoms with Crippen molar-refractivity contribution in [1.29, 1.82) is 0 Å². The number of rotatable bonds is 7. The summed E-state index contributed by atoms with van der Waals surface area (Å²) in [7, 11) is 0. The van der Waals surface area contributed by atoms with Gasteiger partial charge < -0.3 is 14.7 Å². The van der Waals surface area contributed by atoms with Gasteiger partial charge in [-0.2, -0.15) is 0 Å². The smallest absolute Gasteiger partial charge is 0.119 e. The van der Waals surface area contributed by atoms with Crippen LogP contribution in [0.2, 0.25) is 0 Å². The number of hydrogen-bond donors (Lipinski definition) is 1. The molecule has 21 heavy (non-hydrogen) atoms. The molecule has 0 aliphatic carbocycles. The molecule has 2 rings (SSSR count). The number of hydrogen-bond acceptors (Lipinski definition) is 3. The van der Waals surface area contributed by atoms with Gasteiger partial charge in [-0.1, -0.05) is 25.5 Å². The van der Waals surface area contributed by atoms with Gasteiger partial charge in [-0.05, 0) is 63.4 Å². The lowest BCUT2D eigenvalue weighted by molar-refractivity contribution is 0.0115. The van der Waals surface area contributed by atoms with Gasteiger partial charge in [0.1, 0.15) is 5.75 Å². The summed E-state index contributed by atoms with van der Waals surface area (Å²) in [5, 5.41) is 11.0. The van der Waals surface area contributed by atoms with E-state index in [9.17, 15) is 5.11 Å². The summed E-state index contributed by atoms with van der Waals surface area (Å²) < 4.78 is 5.47. The van der Waals surface area contributed by atoms with Gasteiger partial charge in [0.05, 0.1) is 12.2 Å². The predicted octanol–water partition coefficient (Wildman–Crippen LogP) is 3.56. The number of piperidine rings is 1. The molecule has 1 saturated heterocycles. The molecule has 3 nitrogen and oxygen atoms in total. The molecule has 1 N–H and O–H groups in total. The molecule has 1 heterocycles. The van der Waals surface area contributed by atoms with Gasteiger partial charge in [0.15, 0.2) is 0 Å². The fourth-order valence-electron chi connectivity index (χ4n) is 3.08. The first kappa shape index (κ1) is 16.3. The highest BCUT2D eigenvalue weighted by atomic mass is 16.5. The molecule has 1 aliphatic heterocycles. The molecular weight excluding hydrogens is 262 g/mol. The summed E-state index contributed by atoms with van der Waals surface area (Å²) in [6.07, 6.45) is 5.50. The maximum absolute atomic E-state index is 11.0. The van der Waals surface area contributed by atoms with Crippen LogP contribution in [0.4, 0.5) is 0 Å². The summed E-state index contributed by atoms with van der Waals surface area (Å²) in [6, 6.07) is 7.93. The van der Waals surface area contributed by atoms with Gasteiger partial charge >= 0.3 is 0 Å². The van der Waals surface area contributed by atoms with E-state index in [-0.39, 0.29) is 0 Å². The maximum atomic E-state index is 11.0. The molecule has 118 valence electrons. The Labute approximate surface area is 128 Å². The topological polar surface area (TPSA) is 32.7 Å². The van der Waals surface area contributed by atoms with Gasteiger partial charge in [-0.3, -0.25) is 0 Å². The Morgan fingerprint density at radius 3 is 2.33 bits per heavy atom. The fraction of sp³-hybridized carbons (Fsp3) is 0.667. The summed E-state index contributed by atoms with van der Waals surface area (Å²) in [5.74, 6) is 0.871. The second kappa shape index (κ2) is 7.81. The molecule has 1 aromatic carbocycles. The summed E-state index contributed by atoms with van der Waals surface area (Å²) in [6.45, 7) is 8.07. The Kier molecular flexibility index (Phi) is 6.07. The number of likely N-dealkylation sites (tertiary alicyclic amines) is 1. The summed E-state index contributed by atoms with van der Waals surface area (Å²) >= 11 is 0. The first-order valence-electron chi connectivity index (χ1n) is 8.36. The Hall–Kier alpha value is -1.06. The van der Waals surface area contributed by atoms with Crippen molar-refractivity contribution in [2.45, 2.75) is 51.6 Å². The van der Waals surface area contributed by atoms with Gasteiger partial charge in [0.25, 0.3) is 0 Å². The van der Waals surface area contributed by atoms with Crippen LogP contribution < -0.4 is 4.74 Å². The Morgan fingerprint density at radius 2 is 1.76 bits per heavy atom. The number of nitrogens with zero attached hydrogens (tertiary/aromatic N) is 1. The van der Waals surface area contributed by atoms with E-state index in [0.29, 0.717) is 6.61 Å². The van der Waals surface area contributed by atoms with E-state index >= 15 is 0 Å². The lowest BCUT2D eigenvalue weighted by Gasteiger charge is -2.32. The number of aliphatic hydroxyl groups is 1. The quantitative estimate of drug-likeness (QED) is 0.834. The van der Waals surface area contributed by atoms with Crippen LogP contribution in [0.15, 0.2) is 24.3 Å². The third kappa shape index (κ3) is 4.45. The Balaban J connectivity index is 1.97. The minimum Gasteiger partial charge on any atom is -0.494 e. The minimum absolute atomic E-state index is 0.673. The van der Waals surface area contributed by atoms with Crippen molar-refractivity contribution < 1.29 is 9.84 Å². The number of benzene rings is 1. The average Bonchev–Trinajstić information content (AvgIpc) is 2.54. The van der Waals surface area contributed by atoms with Crippen LogP contribution in [0.25, 0.3) is 0 Å². The molecule has 0 spiro atoms. The number of ether oxygens (including phenoxy) is 1. The summed E-state index contributed by atoms with van der Waals surface area (Å²) in [4.78, 5) is 2.48. The molecule has 1 fully saturated rings. The molecule has 0 radical (unpaired) electrons. The second-order valence-corrected chi connectivity index (χ2v) is 5.99. The highest BCUT2D eigenvalue weighted by Gasteiger charge is 2.28. The van der Waals surface area contributed by atoms with Crippen LogP contribution in [0.3, 0.4) is 0 Å². The van der Waals surface area contributed by atoms with Crippen LogP contribution in [0, 0.1) is 0 Å². The van der Waals surface area contributed by atoms with Crippen LogP contribution in [-0.4, -0.2) is 36.2 Å². The highest BCUT2D eigenvalue weighted by Crippen LogP contribution is 2.30. The molecule has 1 unspecified atom stereocenters. The van der Waals surface area contributed by atoms with E-state index in [1.807, 2.05) is 31.2 Å². The second-order valence-electron chi connectivity index (χ2n) is 5.99. The lowest BCUT2D eigenvalue weighted by Crippen LogP contribution is -2.36. The predicted molar refractivity (Wildman–Crippen MR) is 86.7 cm³/mol. The monoisotopic (exact) mass is 291 g/mol. The van der Waals surface area contributed by atoms with E-state index in [0.717, 1.165) is 30.7 Å². The van der Waals surface area contributed by atoms with Crippen molar-refractivity contribution in [2.75, 3.05) is 26.2 Å². The van der Waals surface area contributed by atoms with Crippen molar-refractivity contribution in [3.63, 3.8) is 0 Å². The molecular formula is C18H29NO2. The molecule has 1 atom stereocenters. The molecule has 0 bridgehead atoms. The van der Waals surface area contributed by atoms with E-state index in [2.05, 4.69) is 11.8 Å². The van der Waals surface area contributed by atoms with Crippen molar-refractivity contribution in [3.8, 4) is 5.75 Å². The van der Waals surface area contributed by atoms with Gasteiger partial charge in [0.2, 0.25) is 0 Å². The zero-order chi connectivity index (χ0) is 15.1.